The highest BCUT2D eigenvalue weighted by atomic mass is 79.9. The number of anilines is 1. The number of halogens is 2. The van der Waals surface area contributed by atoms with E-state index in [0.29, 0.717) is 17.3 Å². The number of carbonyl (C=O) groups excluding carboxylic acids is 1. The predicted octanol–water partition coefficient (Wildman–Crippen LogP) is 3.87. The van der Waals surface area contributed by atoms with Crippen molar-refractivity contribution in [3.63, 3.8) is 0 Å². The number of nitrogens with one attached hydrogen (secondary N) is 1. The Labute approximate surface area is 127 Å². The van der Waals surface area contributed by atoms with Gasteiger partial charge in [-0.2, -0.15) is 0 Å². The fourth-order valence-corrected chi connectivity index (χ4v) is 3.29. The molecule has 1 aliphatic carbocycles. The van der Waals surface area contributed by atoms with Gasteiger partial charge in [-0.15, -0.1) is 0 Å². The summed E-state index contributed by atoms with van der Waals surface area (Å²) in [5, 5.41) is 3.61. The van der Waals surface area contributed by atoms with Crippen molar-refractivity contribution in [1.82, 2.24) is 0 Å². The maximum absolute atomic E-state index is 12.5. The van der Waals surface area contributed by atoms with Crippen LogP contribution >= 0.6 is 27.5 Å². The largest absolute Gasteiger partial charge is 0.329 e. The van der Waals surface area contributed by atoms with E-state index >= 15 is 0 Å². The topological polar surface area (TPSA) is 55.1 Å². The van der Waals surface area contributed by atoms with Crippen LogP contribution in [0.2, 0.25) is 5.02 Å². The first-order valence-corrected chi connectivity index (χ1v) is 7.63. The number of carbonyl (C=O) groups is 1. The number of hydrogen-bond acceptors (Lipinski definition) is 2. The van der Waals surface area contributed by atoms with Crippen molar-refractivity contribution in [2.24, 2.45) is 11.1 Å². The normalized spacial score (nSPS) is 17.5. The van der Waals surface area contributed by atoms with E-state index in [0.717, 1.165) is 35.7 Å². The number of rotatable bonds is 3. The van der Waals surface area contributed by atoms with Crippen molar-refractivity contribution in [2.75, 3.05) is 11.9 Å². The van der Waals surface area contributed by atoms with Crippen LogP contribution in [0.5, 0.6) is 0 Å². The Hall–Kier alpha value is -0.580. The molecule has 0 atom stereocenters. The highest BCUT2D eigenvalue weighted by Gasteiger charge is 2.39. The third kappa shape index (κ3) is 2.96. The summed E-state index contributed by atoms with van der Waals surface area (Å²) in [7, 11) is 0. The minimum Gasteiger partial charge on any atom is -0.329 e. The van der Waals surface area contributed by atoms with Gasteiger partial charge < -0.3 is 11.1 Å². The Bertz CT molecular complexity index is 498. The molecule has 19 heavy (non-hydrogen) atoms. The van der Waals surface area contributed by atoms with Gasteiger partial charge in [-0.1, -0.05) is 24.4 Å². The maximum atomic E-state index is 12.5. The van der Waals surface area contributed by atoms with Crippen molar-refractivity contribution in [3.05, 3.63) is 27.2 Å². The summed E-state index contributed by atoms with van der Waals surface area (Å²) in [6, 6.07) is 3.68. The van der Waals surface area contributed by atoms with Crippen molar-refractivity contribution < 1.29 is 4.79 Å². The molecule has 0 radical (unpaired) electrons. The van der Waals surface area contributed by atoms with Crippen LogP contribution in [-0.4, -0.2) is 12.5 Å². The molecule has 0 aliphatic heterocycles. The summed E-state index contributed by atoms with van der Waals surface area (Å²) < 4.78 is 0.841. The summed E-state index contributed by atoms with van der Waals surface area (Å²) in [6.45, 7) is 2.33. The van der Waals surface area contributed by atoms with Gasteiger partial charge in [0.1, 0.15) is 0 Å². The zero-order valence-electron chi connectivity index (χ0n) is 10.9. The second-order valence-electron chi connectivity index (χ2n) is 5.23. The van der Waals surface area contributed by atoms with Gasteiger partial charge in [0, 0.05) is 16.0 Å². The zero-order chi connectivity index (χ0) is 14.0. The summed E-state index contributed by atoms with van der Waals surface area (Å²) in [4.78, 5) is 12.5. The minimum absolute atomic E-state index is 0.00752. The predicted molar refractivity (Wildman–Crippen MR) is 82.5 cm³/mol. The number of benzene rings is 1. The first-order valence-electron chi connectivity index (χ1n) is 6.46. The van der Waals surface area contributed by atoms with Gasteiger partial charge in [-0.25, -0.2) is 0 Å². The number of hydrogen-bond donors (Lipinski definition) is 2. The molecule has 0 heterocycles. The van der Waals surface area contributed by atoms with Crippen molar-refractivity contribution in [3.8, 4) is 0 Å². The molecule has 0 bridgehead atoms. The van der Waals surface area contributed by atoms with E-state index < -0.39 is 5.41 Å². The molecule has 5 heteroatoms. The van der Waals surface area contributed by atoms with Crippen LogP contribution < -0.4 is 11.1 Å². The van der Waals surface area contributed by atoms with Gasteiger partial charge in [0.2, 0.25) is 5.91 Å². The van der Waals surface area contributed by atoms with Crippen LogP contribution in [0.25, 0.3) is 0 Å². The number of amides is 1. The average Bonchev–Trinajstić information content (AvgIpc) is 2.86. The molecule has 0 aromatic heterocycles. The molecule has 3 nitrogen and oxygen atoms in total. The quantitative estimate of drug-likeness (QED) is 0.873. The highest BCUT2D eigenvalue weighted by molar-refractivity contribution is 9.10. The average molecular weight is 346 g/mol. The van der Waals surface area contributed by atoms with E-state index in [4.69, 9.17) is 17.3 Å². The Morgan fingerprint density at radius 2 is 2.11 bits per heavy atom. The van der Waals surface area contributed by atoms with Gasteiger partial charge in [0.05, 0.1) is 11.1 Å². The number of aryl methyl sites for hydroxylation is 1. The summed E-state index contributed by atoms with van der Waals surface area (Å²) >= 11 is 9.55. The molecule has 0 spiro atoms. The molecule has 104 valence electrons. The molecule has 1 aromatic rings. The lowest BCUT2D eigenvalue weighted by molar-refractivity contribution is -0.124. The minimum atomic E-state index is -0.406. The van der Waals surface area contributed by atoms with Crippen LogP contribution in [0.3, 0.4) is 0 Å². The maximum Gasteiger partial charge on any atom is 0.231 e. The van der Waals surface area contributed by atoms with E-state index in [1.807, 2.05) is 13.0 Å². The second-order valence-corrected chi connectivity index (χ2v) is 6.49. The Balaban J connectivity index is 2.21. The molecule has 1 aromatic carbocycles. The van der Waals surface area contributed by atoms with Crippen LogP contribution in [-0.2, 0) is 4.79 Å². The lowest BCUT2D eigenvalue weighted by Crippen LogP contribution is -2.40. The molecule has 3 N–H and O–H groups in total. The van der Waals surface area contributed by atoms with Gasteiger partial charge >= 0.3 is 0 Å². The molecule has 0 saturated heterocycles. The van der Waals surface area contributed by atoms with Crippen LogP contribution in [0.15, 0.2) is 16.6 Å². The lowest BCUT2D eigenvalue weighted by atomic mass is 9.85. The van der Waals surface area contributed by atoms with E-state index in [2.05, 4.69) is 21.2 Å². The SMILES string of the molecule is Cc1cc(Br)c(NC(=O)C2(CN)CCCC2)cc1Cl. The number of nitrogens with two attached hydrogens (primary N) is 1. The smallest absolute Gasteiger partial charge is 0.231 e. The lowest BCUT2D eigenvalue weighted by Gasteiger charge is -2.26. The Morgan fingerprint density at radius 3 is 2.68 bits per heavy atom. The van der Waals surface area contributed by atoms with Crippen LogP contribution in [0.1, 0.15) is 31.2 Å². The van der Waals surface area contributed by atoms with Crippen molar-refractivity contribution in [2.45, 2.75) is 32.6 Å². The molecular weight excluding hydrogens is 328 g/mol. The summed E-state index contributed by atoms with van der Waals surface area (Å²) in [5.74, 6) is 0.00752. The molecular formula is C14H18BrClN2O. The monoisotopic (exact) mass is 344 g/mol. The molecule has 0 unspecified atom stereocenters. The van der Waals surface area contributed by atoms with E-state index in [-0.39, 0.29) is 5.91 Å². The van der Waals surface area contributed by atoms with Crippen LogP contribution in [0.4, 0.5) is 5.69 Å². The fourth-order valence-electron chi connectivity index (χ4n) is 2.57. The molecule has 1 amide bonds. The van der Waals surface area contributed by atoms with E-state index in [1.165, 1.54) is 0 Å². The first kappa shape index (κ1) is 14.8. The Morgan fingerprint density at radius 1 is 1.47 bits per heavy atom. The van der Waals surface area contributed by atoms with E-state index in [1.54, 1.807) is 6.07 Å². The summed E-state index contributed by atoms with van der Waals surface area (Å²) in [5.41, 5.74) is 7.09. The third-order valence-electron chi connectivity index (χ3n) is 3.93. The summed E-state index contributed by atoms with van der Waals surface area (Å²) in [6.07, 6.45) is 3.87. The second kappa shape index (κ2) is 5.81. The van der Waals surface area contributed by atoms with Crippen LogP contribution in [0, 0.1) is 12.3 Å². The van der Waals surface area contributed by atoms with Gasteiger partial charge in [-0.05, 0) is 53.4 Å². The zero-order valence-corrected chi connectivity index (χ0v) is 13.3. The molecule has 1 fully saturated rings. The van der Waals surface area contributed by atoms with Crippen molar-refractivity contribution >= 4 is 39.1 Å². The first-order chi connectivity index (χ1) is 8.98. The molecule has 1 aliphatic rings. The van der Waals surface area contributed by atoms with Gasteiger partial charge in [0.15, 0.2) is 0 Å². The highest BCUT2D eigenvalue weighted by Crippen LogP contribution is 2.39. The van der Waals surface area contributed by atoms with E-state index in [9.17, 15) is 4.79 Å². The van der Waals surface area contributed by atoms with Crippen molar-refractivity contribution in [1.29, 1.82) is 0 Å². The fraction of sp³-hybridized carbons (Fsp3) is 0.500. The van der Waals surface area contributed by atoms with Gasteiger partial charge in [0.25, 0.3) is 0 Å². The Kier molecular flexibility index (Phi) is 4.54. The molecule has 1 saturated carbocycles. The molecule has 2 rings (SSSR count). The standard InChI is InChI=1S/C14H18BrClN2O/c1-9-6-10(15)12(7-11(9)16)18-13(19)14(8-17)4-2-3-5-14/h6-7H,2-5,8,17H2,1H3,(H,18,19). The third-order valence-corrected chi connectivity index (χ3v) is 4.99. The van der Waals surface area contributed by atoms with Gasteiger partial charge in [-0.3, -0.25) is 4.79 Å².